The zero-order valence-electron chi connectivity index (χ0n) is 10.1. The van der Waals surface area contributed by atoms with Gasteiger partial charge in [0.25, 0.3) is 0 Å². The van der Waals surface area contributed by atoms with Crippen LogP contribution in [0, 0.1) is 11.3 Å². The zero-order chi connectivity index (χ0) is 15.3. The van der Waals surface area contributed by atoms with E-state index >= 15 is 0 Å². The van der Waals surface area contributed by atoms with Crippen LogP contribution in [0.25, 0.3) is 0 Å². The van der Waals surface area contributed by atoms with Crippen LogP contribution in [0.2, 0.25) is 0 Å². The largest absolute Gasteiger partial charge is 0.481 e. The van der Waals surface area contributed by atoms with Crippen LogP contribution in [0.5, 0.6) is 0 Å². The topological polar surface area (TPSA) is 139 Å². The van der Waals surface area contributed by atoms with E-state index in [1.54, 1.807) is 0 Å². The van der Waals surface area contributed by atoms with Gasteiger partial charge in [0.05, 0.1) is 11.4 Å². The first kappa shape index (κ1) is 15.5. The maximum absolute atomic E-state index is 10.7. The predicted molar refractivity (Wildman–Crippen MR) is 67.9 cm³/mol. The standard InChI is InChI=1S/C11H10N2O6S/c12-3-7-6(2-9(14)15)1-8(20-7)13(4-10(16)17)5-11(18)19/h1H,2,4-5H2,(H,14,15)(H,16,17)(H,18,19). The van der Waals surface area contributed by atoms with Crippen molar-refractivity contribution in [2.75, 3.05) is 18.0 Å². The molecule has 0 radical (unpaired) electrons. The van der Waals surface area contributed by atoms with Crippen molar-refractivity contribution in [2.24, 2.45) is 0 Å². The molecule has 0 aliphatic carbocycles. The summed E-state index contributed by atoms with van der Waals surface area (Å²) >= 11 is 0.868. The lowest BCUT2D eigenvalue weighted by Crippen LogP contribution is -2.33. The molecule has 3 N–H and O–H groups in total. The number of nitrogens with zero attached hydrogens (tertiary/aromatic N) is 2. The van der Waals surface area contributed by atoms with Crippen LogP contribution in [0.3, 0.4) is 0 Å². The maximum atomic E-state index is 10.7. The van der Waals surface area contributed by atoms with Gasteiger partial charge in [-0.15, -0.1) is 11.3 Å². The first-order valence-electron chi connectivity index (χ1n) is 5.26. The molecule has 0 amide bonds. The van der Waals surface area contributed by atoms with Gasteiger partial charge in [0.1, 0.15) is 24.0 Å². The monoisotopic (exact) mass is 298 g/mol. The van der Waals surface area contributed by atoms with Crippen molar-refractivity contribution in [3.63, 3.8) is 0 Å². The molecule has 0 unspecified atom stereocenters. The average molecular weight is 298 g/mol. The summed E-state index contributed by atoms with van der Waals surface area (Å²) in [6.45, 7) is -1.10. The number of carbonyl (C=O) groups is 3. The van der Waals surface area contributed by atoms with Crippen LogP contribution in [0.1, 0.15) is 10.4 Å². The molecular weight excluding hydrogens is 288 g/mol. The fraction of sp³-hybridized carbons (Fsp3) is 0.273. The second kappa shape index (κ2) is 6.53. The van der Waals surface area contributed by atoms with Crippen molar-refractivity contribution in [3.05, 3.63) is 16.5 Å². The molecule has 1 rings (SSSR count). The van der Waals surface area contributed by atoms with E-state index in [0.717, 1.165) is 16.2 Å². The minimum absolute atomic E-state index is 0.128. The summed E-state index contributed by atoms with van der Waals surface area (Å²) in [5.41, 5.74) is 0.237. The molecule has 9 heteroatoms. The first-order valence-corrected chi connectivity index (χ1v) is 6.08. The van der Waals surface area contributed by atoms with Gasteiger partial charge in [-0.3, -0.25) is 14.4 Å². The summed E-state index contributed by atoms with van der Waals surface area (Å²) in [7, 11) is 0. The Kier molecular flexibility index (Phi) is 5.05. The van der Waals surface area contributed by atoms with E-state index in [9.17, 15) is 14.4 Å². The minimum Gasteiger partial charge on any atom is -0.481 e. The molecule has 0 aliphatic rings. The predicted octanol–water partition coefficient (Wildman–Crippen LogP) is 0.222. The van der Waals surface area contributed by atoms with Crippen molar-refractivity contribution >= 4 is 34.2 Å². The summed E-state index contributed by atoms with van der Waals surface area (Å²) in [4.78, 5) is 33.3. The molecule has 0 bridgehead atoms. The number of carboxylic acid groups (broad SMARTS) is 3. The molecule has 0 aliphatic heterocycles. The Bertz CT molecular complexity index is 572. The maximum Gasteiger partial charge on any atom is 0.323 e. The Morgan fingerprint density at radius 2 is 1.70 bits per heavy atom. The lowest BCUT2D eigenvalue weighted by Gasteiger charge is -2.17. The van der Waals surface area contributed by atoms with E-state index in [4.69, 9.17) is 20.6 Å². The molecule has 0 aromatic carbocycles. The number of aliphatic carboxylic acids is 3. The van der Waals surface area contributed by atoms with Crippen molar-refractivity contribution in [1.82, 2.24) is 0 Å². The molecule has 20 heavy (non-hydrogen) atoms. The number of thiophene rings is 1. The fourth-order valence-electron chi connectivity index (χ4n) is 1.50. The molecular formula is C11H10N2O6S. The second-order valence-electron chi connectivity index (χ2n) is 3.76. The van der Waals surface area contributed by atoms with Gasteiger partial charge in [0.15, 0.2) is 0 Å². The Labute approximate surface area is 117 Å². The number of hydrogen-bond acceptors (Lipinski definition) is 6. The van der Waals surface area contributed by atoms with Crippen molar-refractivity contribution < 1.29 is 29.7 Å². The van der Waals surface area contributed by atoms with Crippen LogP contribution in [0.4, 0.5) is 5.00 Å². The molecule has 0 saturated carbocycles. The quantitative estimate of drug-likeness (QED) is 0.649. The Morgan fingerprint density at radius 1 is 1.15 bits per heavy atom. The normalized spacial score (nSPS) is 9.75. The molecule has 106 valence electrons. The lowest BCUT2D eigenvalue weighted by atomic mass is 10.2. The van der Waals surface area contributed by atoms with E-state index < -0.39 is 31.0 Å². The molecule has 8 nitrogen and oxygen atoms in total. The molecule has 0 spiro atoms. The van der Waals surface area contributed by atoms with Gasteiger partial charge in [-0.2, -0.15) is 5.26 Å². The molecule has 1 heterocycles. The highest BCUT2D eigenvalue weighted by atomic mass is 32.1. The van der Waals surface area contributed by atoms with E-state index in [-0.39, 0.29) is 21.9 Å². The summed E-state index contributed by atoms with van der Waals surface area (Å²) in [5, 5.41) is 35.4. The van der Waals surface area contributed by atoms with Gasteiger partial charge >= 0.3 is 17.9 Å². The second-order valence-corrected chi connectivity index (χ2v) is 4.80. The summed E-state index contributed by atoms with van der Waals surface area (Å²) in [6.07, 6.45) is -0.382. The number of anilines is 1. The van der Waals surface area contributed by atoms with Crippen molar-refractivity contribution in [1.29, 1.82) is 5.26 Å². The summed E-state index contributed by atoms with van der Waals surface area (Å²) in [5.74, 6) is -3.58. The smallest absolute Gasteiger partial charge is 0.323 e. The molecule has 0 fully saturated rings. The minimum atomic E-state index is -1.22. The third-order valence-electron chi connectivity index (χ3n) is 2.20. The number of hydrogen-bond donors (Lipinski definition) is 3. The SMILES string of the molecule is N#Cc1sc(N(CC(=O)O)CC(=O)O)cc1CC(=O)O. The summed E-state index contributed by atoms with van der Waals surface area (Å²) < 4.78 is 0. The third kappa shape index (κ3) is 4.25. The van der Waals surface area contributed by atoms with Crippen LogP contribution in [-0.2, 0) is 20.8 Å². The van der Waals surface area contributed by atoms with E-state index in [0.29, 0.717) is 0 Å². The number of carboxylic acids is 3. The highest BCUT2D eigenvalue weighted by Crippen LogP contribution is 2.30. The van der Waals surface area contributed by atoms with Crippen LogP contribution >= 0.6 is 11.3 Å². The van der Waals surface area contributed by atoms with Gasteiger partial charge in [0.2, 0.25) is 0 Å². The van der Waals surface area contributed by atoms with Gasteiger partial charge < -0.3 is 20.2 Å². The van der Waals surface area contributed by atoms with Gasteiger partial charge in [0, 0.05) is 0 Å². The van der Waals surface area contributed by atoms with E-state index in [1.165, 1.54) is 6.07 Å². The molecule has 1 aromatic heterocycles. The van der Waals surface area contributed by atoms with Crippen LogP contribution in [0.15, 0.2) is 6.07 Å². The van der Waals surface area contributed by atoms with Crippen LogP contribution < -0.4 is 4.90 Å². The molecule has 1 aromatic rings. The molecule has 0 saturated heterocycles. The third-order valence-corrected chi connectivity index (χ3v) is 3.35. The van der Waals surface area contributed by atoms with E-state index in [1.807, 2.05) is 6.07 Å². The Morgan fingerprint density at radius 3 is 2.10 bits per heavy atom. The number of nitriles is 1. The Balaban J connectivity index is 3.10. The van der Waals surface area contributed by atoms with Gasteiger partial charge in [-0.05, 0) is 11.6 Å². The van der Waals surface area contributed by atoms with Crippen LogP contribution in [-0.4, -0.2) is 46.3 Å². The highest BCUT2D eigenvalue weighted by Gasteiger charge is 2.19. The van der Waals surface area contributed by atoms with Gasteiger partial charge in [-0.1, -0.05) is 0 Å². The fourth-order valence-corrected chi connectivity index (χ4v) is 2.47. The lowest BCUT2D eigenvalue weighted by molar-refractivity contribution is -0.137. The molecule has 0 atom stereocenters. The Hall–Kier alpha value is -2.60. The van der Waals surface area contributed by atoms with Crippen molar-refractivity contribution in [3.8, 4) is 6.07 Å². The van der Waals surface area contributed by atoms with Gasteiger partial charge in [-0.25, -0.2) is 0 Å². The van der Waals surface area contributed by atoms with E-state index in [2.05, 4.69) is 0 Å². The highest BCUT2D eigenvalue weighted by molar-refractivity contribution is 7.16. The number of rotatable bonds is 7. The summed E-state index contributed by atoms with van der Waals surface area (Å²) in [6, 6.07) is 3.15. The zero-order valence-corrected chi connectivity index (χ0v) is 10.9. The van der Waals surface area contributed by atoms with Crippen molar-refractivity contribution in [2.45, 2.75) is 6.42 Å². The first-order chi connectivity index (χ1) is 9.33. The average Bonchev–Trinajstić information content (AvgIpc) is 2.69.